The van der Waals surface area contributed by atoms with Crippen molar-refractivity contribution in [1.29, 1.82) is 0 Å². The number of rotatable bonds is 7. The minimum Gasteiger partial charge on any atom is -0.867 e. The molecule has 0 amide bonds. The third-order valence-corrected chi connectivity index (χ3v) is 6.73. The van der Waals surface area contributed by atoms with Crippen LogP contribution in [0.3, 0.4) is 0 Å². The van der Waals surface area contributed by atoms with E-state index in [1.54, 1.807) is 32.0 Å². The topological polar surface area (TPSA) is 145 Å². The maximum Gasteiger partial charge on any atom is 0.338 e. The number of benzene rings is 2. The molecular weight excluding hydrogens is 502 g/mol. The minimum absolute atomic E-state index is 0.0107. The van der Waals surface area contributed by atoms with E-state index in [-0.39, 0.29) is 22.3 Å². The highest BCUT2D eigenvalue weighted by Crippen LogP contribution is 2.36. The van der Waals surface area contributed by atoms with Crippen molar-refractivity contribution in [3.8, 4) is 17.2 Å². The Hall–Kier alpha value is -4.45. The van der Waals surface area contributed by atoms with Crippen LogP contribution in [0.1, 0.15) is 31.0 Å². The molecule has 0 spiro atoms. The van der Waals surface area contributed by atoms with E-state index in [2.05, 4.69) is 4.99 Å². The number of carbonyl (C=O) groups is 1. The summed E-state index contributed by atoms with van der Waals surface area (Å²) < 4.78 is 17.5. The van der Waals surface area contributed by atoms with Crippen molar-refractivity contribution in [2.24, 2.45) is 4.99 Å². The van der Waals surface area contributed by atoms with E-state index in [9.17, 15) is 24.8 Å². The standard InChI is InChI=1S/C25H23N3O8S/c1-5-36-24(31)20-13(2)26-25-27(21(20)14-9-10-17(34-3)18(11-14)35-4)23(30)19(37-25)12-15-7-6-8-16(22(15)29)28(32)33/h6-12,21,29H,5H2,1-4H3/p-1/b19-12+/t21-/m1/s1. The van der Waals surface area contributed by atoms with Gasteiger partial charge < -0.3 is 19.3 Å². The summed E-state index contributed by atoms with van der Waals surface area (Å²) in [6.07, 6.45) is 1.30. The van der Waals surface area contributed by atoms with Crippen LogP contribution >= 0.6 is 11.3 Å². The molecule has 192 valence electrons. The first-order valence-electron chi connectivity index (χ1n) is 11.1. The van der Waals surface area contributed by atoms with E-state index in [4.69, 9.17) is 14.2 Å². The smallest absolute Gasteiger partial charge is 0.338 e. The average molecular weight is 525 g/mol. The highest BCUT2D eigenvalue weighted by molar-refractivity contribution is 7.07. The number of carbonyl (C=O) groups excluding carboxylic acids is 1. The lowest BCUT2D eigenvalue weighted by molar-refractivity contribution is -0.398. The van der Waals surface area contributed by atoms with Crippen LogP contribution < -0.4 is 29.5 Å². The van der Waals surface area contributed by atoms with Crippen molar-refractivity contribution < 1.29 is 29.0 Å². The number of esters is 1. The van der Waals surface area contributed by atoms with Crippen LogP contribution in [0.4, 0.5) is 5.69 Å². The second kappa shape index (κ2) is 10.3. The highest BCUT2D eigenvalue weighted by Gasteiger charge is 2.34. The first-order valence-corrected chi connectivity index (χ1v) is 11.9. The SMILES string of the molecule is CCOC(=O)C1=C(C)N=c2s/c(=C/c3cccc([N+](=O)[O-])c3[O-])c(=O)n2[C@@H]1c1ccc(OC)c(OC)c1. The zero-order chi connectivity index (χ0) is 26.9. The Morgan fingerprint density at radius 1 is 1.22 bits per heavy atom. The number of aromatic nitrogens is 1. The predicted octanol–water partition coefficient (Wildman–Crippen LogP) is 1.80. The molecule has 1 aliphatic rings. The molecule has 2 aromatic carbocycles. The van der Waals surface area contributed by atoms with Crippen molar-refractivity contribution in [1.82, 2.24) is 4.57 Å². The third-order valence-electron chi connectivity index (χ3n) is 5.75. The Kier molecular flexibility index (Phi) is 7.11. The van der Waals surface area contributed by atoms with Crippen molar-refractivity contribution in [3.63, 3.8) is 0 Å². The van der Waals surface area contributed by atoms with Gasteiger partial charge in [0.25, 0.3) is 11.2 Å². The molecule has 0 radical (unpaired) electrons. The summed E-state index contributed by atoms with van der Waals surface area (Å²) in [6, 6.07) is 8.00. The van der Waals surface area contributed by atoms with Crippen LogP contribution in [0.5, 0.6) is 17.2 Å². The molecule has 12 heteroatoms. The number of allylic oxidation sites excluding steroid dienone is 1. The molecule has 0 saturated heterocycles. The van der Waals surface area contributed by atoms with Gasteiger partial charge in [-0.1, -0.05) is 29.5 Å². The highest BCUT2D eigenvalue weighted by atomic mass is 32.1. The molecule has 1 aliphatic heterocycles. The summed E-state index contributed by atoms with van der Waals surface area (Å²) in [5.41, 5.74) is -0.0429. The summed E-state index contributed by atoms with van der Waals surface area (Å²) >= 11 is 1.00. The molecule has 11 nitrogen and oxygen atoms in total. The van der Waals surface area contributed by atoms with E-state index < -0.39 is 33.9 Å². The molecule has 2 heterocycles. The van der Waals surface area contributed by atoms with Gasteiger partial charge in [-0.3, -0.25) is 19.5 Å². The molecule has 0 saturated carbocycles. The number of thiazole rings is 1. The van der Waals surface area contributed by atoms with Gasteiger partial charge in [-0.25, -0.2) is 9.79 Å². The average Bonchev–Trinajstić information content (AvgIpc) is 3.18. The Morgan fingerprint density at radius 2 is 1.95 bits per heavy atom. The van der Waals surface area contributed by atoms with E-state index in [0.717, 1.165) is 17.4 Å². The fourth-order valence-corrected chi connectivity index (χ4v) is 5.11. The van der Waals surface area contributed by atoms with E-state index in [1.165, 1.54) is 37.0 Å². The maximum atomic E-state index is 13.7. The first kappa shape index (κ1) is 25.6. The van der Waals surface area contributed by atoms with Crippen molar-refractivity contribution in [3.05, 3.63) is 88.6 Å². The lowest BCUT2D eigenvalue weighted by Crippen LogP contribution is -2.40. The van der Waals surface area contributed by atoms with Gasteiger partial charge in [0.15, 0.2) is 16.3 Å². The number of ether oxygens (including phenoxy) is 3. The number of fused-ring (bicyclic) bond motifs is 1. The van der Waals surface area contributed by atoms with Crippen molar-refractivity contribution in [2.75, 3.05) is 20.8 Å². The Balaban J connectivity index is 1.99. The molecule has 37 heavy (non-hydrogen) atoms. The maximum absolute atomic E-state index is 13.7. The zero-order valence-corrected chi connectivity index (χ0v) is 21.2. The summed E-state index contributed by atoms with van der Waals surface area (Å²) in [5, 5.41) is 23.7. The lowest BCUT2D eigenvalue weighted by Gasteiger charge is -2.25. The number of methoxy groups -OCH3 is 2. The van der Waals surface area contributed by atoms with Gasteiger partial charge in [0.05, 0.1) is 47.6 Å². The minimum atomic E-state index is -0.908. The number of para-hydroxylation sites is 1. The Bertz CT molecular complexity index is 1620. The fourth-order valence-electron chi connectivity index (χ4n) is 4.07. The molecule has 0 fully saturated rings. The Morgan fingerprint density at radius 3 is 2.59 bits per heavy atom. The second-order valence-electron chi connectivity index (χ2n) is 7.87. The van der Waals surface area contributed by atoms with Crippen LogP contribution in [0.25, 0.3) is 6.08 Å². The number of hydrogen-bond acceptors (Lipinski definition) is 10. The molecular formula is C25H22N3O8S-. The van der Waals surface area contributed by atoms with E-state index in [1.807, 2.05) is 0 Å². The molecule has 1 aromatic heterocycles. The van der Waals surface area contributed by atoms with Gasteiger partial charge in [0, 0.05) is 6.07 Å². The third kappa shape index (κ3) is 4.58. The monoisotopic (exact) mass is 524 g/mol. The van der Waals surface area contributed by atoms with Gasteiger partial charge >= 0.3 is 5.97 Å². The number of nitro groups is 1. The van der Waals surface area contributed by atoms with Crippen molar-refractivity contribution >= 4 is 29.1 Å². The second-order valence-corrected chi connectivity index (χ2v) is 8.88. The predicted molar refractivity (Wildman–Crippen MR) is 132 cm³/mol. The van der Waals surface area contributed by atoms with Crippen LogP contribution in [-0.2, 0) is 9.53 Å². The van der Waals surface area contributed by atoms with Gasteiger partial charge in [-0.05, 0) is 48.9 Å². The molecule has 0 aliphatic carbocycles. The number of nitrogens with zero attached hydrogens (tertiary/aromatic N) is 3. The van der Waals surface area contributed by atoms with E-state index >= 15 is 0 Å². The molecule has 3 aromatic rings. The fraction of sp³-hybridized carbons (Fsp3) is 0.240. The van der Waals surface area contributed by atoms with Gasteiger partial charge in [-0.2, -0.15) is 0 Å². The quantitative estimate of drug-likeness (QED) is 0.258. The molecule has 0 unspecified atom stereocenters. The van der Waals surface area contributed by atoms with Gasteiger partial charge in [-0.15, -0.1) is 0 Å². The largest absolute Gasteiger partial charge is 0.867 e. The zero-order valence-electron chi connectivity index (χ0n) is 20.3. The molecule has 1 atom stereocenters. The van der Waals surface area contributed by atoms with Crippen molar-refractivity contribution in [2.45, 2.75) is 19.9 Å². The Labute approximate surface area is 214 Å². The molecule has 0 bridgehead atoms. The number of hydrogen-bond donors (Lipinski definition) is 0. The van der Waals surface area contributed by atoms with E-state index in [0.29, 0.717) is 27.6 Å². The lowest BCUT2D eigenvalue weighted by atomic mass is 9.95. The summed E-state index contributed by atoms with van der Waals surface area (Å²) in [6.45, 7) is 3.44. The van der Waals surface area contributed by atoms with Crippen LogP contribution in [0, 0.1) is 10.1 Å². The van der Waals surface area contributed by atoms with Crippen LogP contribution in [0.15, 0.2) is 57.5 Å². The summed E-state index contributed by atoms with van der Waals surface area (Å²) in [5.74, 6) is -0.574. The molecule has 0 N–H and O–H groups in total. The first-order chi connectivity index (χ1) is 17.7. The van der Waals surface area contributed by atoms with Gasteiger partial charge in [0.2, 0.25) is 0 Å². The van der Waals surface area contributed by atoms with Crippen LogP contribution in [-0.4, -0.2) is 36.3 Å². The number of nitro benzene ring substituents is 1. The van der Waals surface area contributed by atoms with Crippen LogP contribution in [0.2, 0.25) is 0 Å². The van der Waals surface area contributed by atoms with Gasteiger partial charge in [0.1, 0.15) is 0 Å². The molecule has 4 rings (SSSR count). The summed E-state index contributed by atoms with van der Waals surface area (Å²) in [4.78, 5) is 41.8. The normalized spacial score (nSPS) is 15.1. The summed E-state index contributed by atoms with van der Waals surface area (Å²) in [7, 11) is 2.97.